The van der Waals surface area contributed by atoms with Crippen molar-refractivity contribution in [3.05, 3.63) is 53.1 Å². The van der Waals surface area contributed by atoms with E-state index >= 15 is 0 Å². The fourth-order valence-electron chi connectivity index (χ4n) is 2.88. The summed E-state index contributed by atoms with van der Waals surface area (Å²) >= 11 is 6.13. The maximum atomic E-state index is 12.2. The minimum atomic E-state index is -0.515. The first-order chi connectivity index (χ1) is 14.0. The zero-order valence-corrected chi connectivity index (χ0v) is 17.5. The zero-order valence-electron chi connectivity index (χ0n) is 16.7. The quantitative estimate of drug-likeness (QED) is 0.192. The van der Waals surface area contributed by atoms with E-state index in [0.29, 0.717) is 17.9 Å². The van der Waals surface area contributed by atoms with E-state index in [1.165, 1.54) is 37.8 Å². The molecule has 0 heterocycles. The Bertz CT molecular complexity index is 808. The van der Waals surface area contributed by atoms with Gasteiger partial charge in [-0.25, -0.2) is 0 Å². The second-order valence-corrected chi connectivity index (χ2v) is 7.34. The molecule has 2 aromatic carbocycles. The van der Waals surface area contributed by atoms with Crippen LogP contribution in [0.25, 0.3) is 0 Å². The highest BCUT2D eigenvalue weighted by Crippen LogP contribution is 2.35. The average molecular weight is 418 g/mol. The molecule has 2 N–H and O–H groups in total. The van der Waals surface area contributed by atoms with Gasteiger partial charge < -0.3 is 15.2 Å². The molecule has 0 bridgehead atoms. The number of Topliss-reactive ketones (excluding diaryl/α,β-unsaturated/α-hetero) is 1. The van der Waals surface area contributed by atoms with Gasteiger partial charge in [0, 0.05) is 17.7 Å². The third kappa shape index (κ3) is 7.78. The number of ether oxygens (including phenoxy) is 1. The van der Waals surface area contributed by atoms with Crippen LogP contribution in [0.3, 0.4) is 0 Å². The molecule has 0 aromatic heterocycles. The smallest absolute Gasteiger partial charge is 0.232 e. The second-order valence-electron chi connectivity index (χ2n) is 6.93. The van der Waals surface area contributed by atoms with Gasteiger partial charge in [-0.3, -0.25) is 9.59 Å². The van der Waals surface area contributed by atoms with Crippen molar-refractivity contribution < 1.29 is 19.4 Å². The molecule has 29 heavy (non-hydrogen) atoms. The Morgan fingerprint density at radius 1 is 1.03 bits per heavy atom. The number of hydrogen-bond donors (Lipinski definition) is 2. The highest BCUT2D eigenvalue weighted by Gasteiger charge is 2.15. The van der Waals surface area contributed by atoms with Crippen LogP contribution in [-0.2, 0) is 4.79 Å². The Morgan fingerprint density at radius 3 is 2.45 bits per heavy atom. The van der Waals surface area contributed by atoms with Crippen LogP contribution >= 0.6 is 11.6 Å². The summed E-state index contributed by atoms with van der Waals surface area (Å²) in [6.45, 7) is 2.69. The molecule has 0 aliphatic rings. The monoisotopic (exact) mass is 417 g/mol. The highest BCUT2D eigenvalue weighted by atomic mass is 35.5. The van der Waals surface area contributed by atoms with E-state index in [4.69, 9.17) is 16.3 Å². The summed E-state index contributed by atoms with van der Waals surface area (Å²) in [6, 6.07) is 11.4. The third-order valence-corrected chi connectivity index (χ3v) is 4.79. The lowest BCUT2D eigenvalue weighted by atomic mass is 10.1. The number of aromatic hydroxyl groups is 1. The number of anilines is 1. The van der Waals surface area contributed by atoms with Gasteiger partial charge in [-0.2, -0.15) is 0 Å². The van der Waals surface area contributed by atoms with Crippen molar-refractivity contribution in [2.24, 2.45) is 0 Å². The topological polar surface area (TPSA) is 75.6 Å². The van der Waals surface area contributed by atoms with Crippen molar-refractivity contribution in [3.8, 4) is 11.5 Å². The van der Waals surface area contributed by atoms with E-state index in [0.717, 1.165) is 12.8 Å². The predicted molar refractivity (Wildman–Crippen MR) is 116 cm³/mol. The van der Waals surface area contributed by atoms with Gasteiger partial charge in [-0.1, -0.05) is 81.0 Å². The standard InChI is InChI=1S/C23H28ClNO4/c1-2-3-4-5-6-10-13-29-22-15-19(21(27)14-18(22)24)25-23(28)16-20(26)17-11-8-7-9-12-17/h7-9,11-12,14-15,27H,2-6,10,13,16H2,1H3,(H,25,28). The summed E-state index contributed by atoms with van der Waals surface area (Å²) in [7, 11) is 0. The molecule has 0 spiro atoms. The summed E-state index contributed by atoms with van der Waals surface area (Å²) in [5.74, 6) is -0.598. The number of carbonyl (C=O) groups is 2. The van der Waals surface area contributed by atoms with Gasteiger partial charge in [-0.15, -0.1) is 0 Å². The van der Waals surface area contributed by atoms with Crippen LogP contribution in [0.5, 0.6) is 11.5 Å². The number of phenols is 1. The summed E-state index contributed by atoms with van der Waals surface area (Å²) in [5.41, 5.74) is 0.629. The normalized spacial score (nSPS) is 10.6. The molecule has 0 unspecified atom stereocenters. The predicted octanol–water partition coefficient (Wildman–Crippen LogP) is 6.00. The molecular formula is C23H28ClNO4. The number of hydrogen-bond acceptors (Lipinski definition) is 4. The molecule has 5 nitrogen and oxygen atoms in total. The van der Waals surface area contributed by atoms with Gasteiger partial charge >= 0.3 is 0 Å². The molecule has 156 valence electrons. The lowest BCUT2D eigenvalue weighted by molar-refractivity contribution is -0.115. The summed E-state index contributed by atoms with van der Waals surface area (Å²) in [5, 5.41) is 12.9. The van der Waals surface area contributed by atoms with Crippen molar-refractivity contribution >= 4 is 29.0 Å². The Balaban J connectivity index is 1.89. The third-order valence-electron chi connectivity index (χ3n) is 4.50. The molecular weight excluding hydrogens is 390 g/mol. The van der Waals surface area contributed by atoms with E-state index in [1.54, 1.807) is 30.3 Å². The van der Waals surface area contributed by atoms with Crippen LogP contribution in [0.2, 0.25) is 5.02 Å². The summed E-state index contributed by atoms with van der Waals surface area (Å²) in [4.78, 5) is 24.4. The van der Waals surface area contributed by atoms with E-state index in [-0.39, 0.29) is 28.7 Å². The molecule has 2 aromatic rings. The molecule has 0 fully saturated rings. The average Bonchev–Trinajstić information content (AvgIpc) is 2.71. The van der Waals surface area contributed by atoms with Crippen LogP contribution in [0, 0.1) is 0 Å². The Hall–Kier alpha value is -2.53. The van der Waals surface area contributed by atoms with E-state index < -0.39 is 5.91 Å². The maximum Gasteiger partial charge on any atom is 0.232 e. The molecule has 1 amide bonds. The van der Waals surface area contributed by atoms with Crippen molar-refractivity contribution in [2.45, 2.75) is 51.9 Å². The van der Waals surface area contributed by atoms with Crippen molar-refractivity contribution in [1.29, 1.82) is 0 Å². The van der Waals surface area contributed by atoms with Crippen molar-refractivity contribution in [1.82, 2.24) is 0 Å². The van der Waals surface area contributed by atoms with Crippen molar-refractivity contribution in [3.63, 3.8) is 0 Å². The molecule has 0 saturated heterocycles. The molecule has 6 heteroatoms. The molecule has 0 aliphatic heterocycles. The van der Waals surface area contributed by atoms with Gasteiger partial charge in [0.2, 0.25) is 5.91 Å². The minimum Gasteiger partial charge on any atom is -0.506 e. The number of nitrogens with one attached hydrogen (secondary N) is 1. The number of unbranched alkanes of at least 4 members (excludes halogenated alkanes) is 5. The van der Waals surface area contributed by atoms with E-state index in [9.17, 15) is 14.7 Å². The Labute approximate surface area is 177 Å². The van der Waals surface area contributed by atoms with Gasteiger partial charge in [0.1, 0.15) is 11.5 Å². The van der Waals surface area contributed by atoms with Crippen LogP contribution in [0.1, 0.15) is 62.2 Å². The van der Waals surface area contributed by atoms with Crippen LogP contribution in [0.15, 0.2) is 42.5 Å². The molecule has 0 aliphatic carbocycles. The van der Waals surface area contributed by atoms with Gasteiger partial charge in [0.05, 0.1) is 23.7 Å². The summed E-state index contributed by atoms with van der Waals surface area (Å²) in [6.07, 6.45) is 6.55. The number of benzene rings is 2. The zero-order chi connectivity index (χ0) is 21.1. The number of halogens is 1. The summed E-state index contributed by atoms with van der Waals surface area (Å²) < 4.78 is 5.71. The molecule has 0 atom stereocenters. The largest absolute Gasteiger partial charge is 0.506 e. The van der Waals surface area contributed by atoms with E-state index in [1.807, 2.05) is 0 Å². The van der Waals surface area contributed by atoms with Crippen molar-refractivity contribution in [2.75, 3.05) is 11.9 Å². The minimum absolute atomic E-state index is 0.165. The first-order valence-corrected chi connectivity index (χ1v) is 10.4. The first kappa shape index (κ1) is 22.8. The Kier molecular flexibility index (Phi) is 9.51. The number of ketones is 1. The molecule has 0 saturated carbocycles. The SMILES string of the molecule is CCCCCCCCOc1cc(NC(=O)CC(=O)c2ccccc2)c(O)cc1Cl. The number of rotatable bonds is 12. The lowest BCUT2D eigenvalue weighted by Gasteiger charge is -2.12. The van der Waals surface area contributed by atoms with Gasteiger partial charge in [0.15, 0.2) is 5.78 Å². The fourth-order valence-corrected chi connectivity index (χ4v) is 3.10. The first-order valence-electron chi connectivity index (χ1n) is 10.0. The number of amides is 1. The van der Waals surface area contributed by atoms with Gasteiger partial charge in [0.25, 0.3) is 0 Å². The second kappa shape index (κ2) is 12.1. The van der Waals surface area contributed by atoms with Crippen LogP contribution in [0.4, 0.5) is 5.69 Å². The molecule has 0 radical (unpaired) electrons. The maximum absolute atomic E-state index is 12.2. The highest BCUT2D eigenvalue weighted by molar-refractivity contribution is 6.32. The lowest BCUT2D eigenvalue weighted by Crippen LogP contribution is -2.16. The molecule has 2 rings (SSSR count). The fraction of sp³-hybridized carbons (Fsp3) is 0.391. The van der Waals surface area contributed by atoms with Crippen LogP contribution in [-0.4, -0.2) is 23.4 Å². The number of phenolic OH excluding ortho intramolecular Hbond substituents is 1. The Morgan fingerprint density at radius 2 is 1.72 bits per heavy atom. The van der Waals surface area contributed by atoms with Crippen LogP contribution < -0.4 is 10.1 Å². The van der Waals surface area contributed by atoms with E-state index in [2.05, 4.69) is 12.2 Å². The van der Waals surface area contributed by atoms with Gasteiger partial charge in [-0.05, 0) is 6.42 Å². The number of carbonyl (C=O) groups excluding carboxylic acids is 2.